The molecule has 2 aromatic heterocycles. The maximum Gasteiger partial charge on any atom is 0.336 e. The lowest BCUT2D eigenvalue weighted by atomic mass is 10.1. The van der Waals surface area contributed by atoms with E-state index in [0.717, 1.165) is 17.8 Å². The molecule has 9 nitrogen and oxygen atoms in total. The van der Waals surface area contributed by atoms with E-state index >= 15 is 0 Å². The predicted molar refractivity (Wildman–Crippen MR) is 125 cm³/mol. The third-order valence-electron chi connectivity index (χ3n) is 5.52. The van der Waals surface area contributed by atoms with Crippen molar-refractivity contribution in [2.45, 2.75) is 6.42 Å². The van der Waals surface area contributed by atoms with Crippen molar-refractivity contribution in [1.29, 1.82) is 0 Å². The largest absolute Gasteiger partial charge is 0.478 e. The number of hydrogen-bond acceptors (Lipinski definition) is 5. The summed E-state index contributed by atoms with van der Waals surface area (Å²) in [5.74, 6) is -1.37. The summed E-state index contributed by atoms with van der Waals surface area (Å²) in [6, 6.07) is 16.5. The average Bonchev–Trinajstić information content (AvgIpc) is 3.30. The molecule has 0 saturated heterocycles. The van der Waals surface area contributed by atoms with E-state index in [-0.39, 0.29) is 17.0 Å². The second-order valence-electron chi connectivity index (χ2n) is 7.73. The second-order valence-corrected chi connectivity index (χ2v) is 7.73. The fourth-order valence-electron chi connectivity index (χ4n) is 3.88. The Kier molecular flexibility index (Phi) is 5.35. The van der Waals surface area contributed by atoms with Gasteiger partial charge in [-0.2, -0.15) is 0 Å². The number of rotatable bonds is 5. The van der Waals surface area contributed by atoms with Gasteiger partial charge in [0.1, 0.15) is 0 Å². The number of aromatic amines is 1. The van der Waals surface area contributed by atoms with E-state index in [2.05, 4.69) is 25.6 Å². The van der Waals surface area contributed by atoms with Gasteiger partial charge in [-0.25, -0.2) is 14.8 Å². The lowest BCUT2D eigenvalue weighted by Crippen LogP contribution is -2.31. The van der Waals surface area contributed by atoms with Crippen LogP contribution in [0.2, 0.25) is 0 Å². The van der Waals surface area contributed by atoms with Crippen LogP contribution in [-0.2, 0) is 6.42 Å². The van der Waals surface area contributed by atoms with Gasteiger partial charge in [0, 0.05) is 36.1 Å². The van der Waals surface area contributed by atoms with Crippen molar-refractivity contribution in [3.8, 4) is 22.8 Å². The molecule has 0 saturated carbocycles. The highest BCUT2D eigenvalue weighted by atomic mass is 16.4. The van der Waals surface area contributed by atoms with Crippen LogP contribution in [0.5, 0.6) is 0 Å². The summed E-state index contributed by atoms with van der Waals surface area (Å²) >= 11 is 0. The highest BCUT2D eigenvalue weighted by molar-refractivity contribution is 6.10. The van der Waals surface area contributed by atoms with Gasteiger partial charge < -0.3 is 20.7 Å². The Morgan fingerprint density at radius 3 is 2.62 bits per heavy atom. The number of carbonyl (C=O) groups excluding carboxylic acids is 2. The Morgan fingerprint density at radius 2 is 1.82 bits per heavy atom. The Balaban J connectivity index is 1.42. The highest BCUT2D eigenvalue weighted by Crippen LogP contribution is 2.26. The molecule has 34 heavy (non-hydrogen) atoms. The molecule has 0 unspecified atom stereocenters. The maximum absolute atomic E-state index is 12.7. The number of H-pyrrole nitrogens is 1. The number of nitrogens with one attached hydrogen (secondary N) is 3. The van der Waals surface area contributed by atoms with Gasteiger partial charge in [0.2, 0.25) is 0 Å². The first kappa shape index (κ1) is 21.1. The number of fused-ring (bicyclic) bond motifs is 1. The first-order chi connectivity index (χ1) is 16.5. The van der Waals surface area contributed by atoms with Gasteiger partial charge in [0.25, 0.3) is 11.8 Å². The van der Waals surface area contributed by atoms with E-state index < -0.39 is 11.9 Å². The minimum absolute atomic E-state index is 0.0680. The van der Waals surface area contributed by atoms with Crippen molar-refractivity contribution in [2.75, 3.05) is 11.9 Å². The summed E-state index contributed by atoms with van der Waals surface area (Å²) in [6.45, 7) is 0.594. The van der Waals surface area contributed by atoms with E-state index in [0.29, 0.717) is 34.9 Å². The molecule has 5 rings (SSSR count). The molecule has 3 heterocycles. The van der Waals surface area contributed by atoms with Crippen molar-refractivity contribution < 1.29 is 19.5 Å². The lowest BCUT2D eigenvalue weighted by Gasteiger charge is -2.11. The van der Waals surface area contributed by atoms with Crippen molar-refractivity contribution in [2.24, 2.45) is 0 Å². The average molecular weight is 453 g/mol. The minimum Gasteiger partial charge on any atom is -0.478 e. The fraction of sp³-hybridized carbons (Fsp3) is 0.0800. The smallest absolute Gasteiger partial charge is 0.336 e. The molecule has 1 aliphatic rings. The first-order valence-corrected chi connectivity index (χ1v) is 10.6. The number of nitrogens with zero attached hydrogens (tertiary/aromatic N) is 2. The number of carboxylic acid groups (broad SMARTS) is 1. The maximum atomic E-state index is 12.7. The third-order valence-corrected chi connectivity index (χ3v) is 5.52. The summed E-state index contributed by atoms with van der Waals surface area (Å²) in [5, 5.41) is 14.9. The second kappa shape index (κ2) is 8.62. The SMILES string of the molecule is O=C(O)c1ccccc1C(=O)Nc1cccc(-c2nccc(-c3cc4c([nH]3)CCNC4=O)n2)c1. The molecule has 2 aromatic carbocycles. The zero-order chi connectivity index (χ0) is 23.7. The van der Waals surface area contributed by atoms with Crippen molar-refractivity contribution in [3.63, 3.8) is 0 Å². The van der Waals surface area contributed by atoms with Crippen molar-refractivity contribution in [3.05, 3.63) is 89.2 Å². The normalized spacial score (nSPS) is 12.5. The Labute approximate surface area is 193 Å². The molecule has 1 aliphatic heterocycles. The monoisotopic (exact) mass is 453 g/mol. The molecule has 0 atom stereocenters. The van der Waals surface area contributed by atoms with Crippen LogP contribution < -0.4 is 10.6 Å². The number of anilines is 1. The van der Waals surface area contributed by atoms with Gasteiger partial charge in [-0.15, -0.1) is 0 Å². The molecule has 0 spiro atoms. The number of hydrogen-bond donors (Lipinski definition) is 4. The van der Waals surface area contributed by atoms with Crippen molar-refractivity contribution in [1.82, 2.24) is 20.3 Å². The van der Waals surface area contributed by atoms with E-state index in [1.807, 2.05) is 6.07 Å². The molecule has 0 fully saturated rings. The molecular formula is C25H19N5O4. The third kappa shape index (κ3) is 4.02. The number of amides is 2. The molecule has 2 amide bonds. The van der Waals surface area contributed by atoms with E-state index in [4.69, 9.17) is 0 Å². The lowest BCUT2D eigenvalue weighted by molar-refractivity contribution is 0.0692. The summed E-state index contributed by atoms with van der Waals surface area (Å²) < 4.78 is 0. The summed E-state index contributed by atoms with van der Waals surface area (Å²) in [6.07, 6.45) is 2.36. The Bertz CT molecular complexity index is 1440. The number of carbonyl (C=O) groups is 3. The fourth-order valence-corrected chi connectivity index (χ4v) is 3.88. The Hall–Kier alpha value is -4.79. The molecule has 168 valence electrons. The number of aromatic carboxylic acids is 1. The quantitative estimate of drug-likeness (QED) is 0.366. The van der Waals surface area contributed by atoms with Crippen LogP contribution >= 0.6 is 0 Å². The van der Waals surface area contributed by atoms with E-state index in [1.54, 1.807) is 48.7 Å². The van der Waals surface area contributed by atoms with Crippen LogP contribution in [0, 0.1) is 0 Å². The molecule has 0 radical (unpaired) electrons. The molecule has 0 aliphatic carbocycles. The highest BCUT2D eigenvalue weighted by Gasteiger charge is 2.21. The van der Waals surface area contributed by atoms with Gasteiger partial charge >= 0.3 is 5.97 Å². The van der Waals surface area contributed by atoms with Crippen LogP contribution in [-0.4, -0.2) is 44.4 Å². The summed E-state index contributed by atoms with van der Waals surface area (Å²) in [7, 11) is 0. The zero-order valence-electron chi connectivity index (χ0n) is 17.8. The number of aromatic nitrogens is 3. The molecule has 4 N–H and O–H groups in total. The van der Waals surface area contributed by atoms with Crippen LogP contribution in [0.3, 0.4) is 0 Å². The van der Waals surface area contributed by atoms with Crippen LogP contribution in [0.25, 0.3) is 22.8 Å². The van der Waals surface area contributed by atoms with E-state index in [9.17, 15) is 19.5 Å². The van der Waals surface area contributed by atoms with Crippen LogP contribution in [0.1, 0.15) is 36.8 Å². The van der Waals surface area contributed by atoms with Gasteiger partial charge in [0.05, 0.1) is 28.1 Å². The predicted octanol–water partition coefficient (Wildman–Crippen LogP) is 3.38. The van der Waals surface area contributed by atoms with E-state index in [1.165, 1.54) is 12.1 Å². The molecule has 9 heteroatoms. The van der Waals surface area contributed by atoms with Gasteiger partial charge in [0.15, 0.2) is 5.82 Å². The molecular weight excluding hydrogens is 434 g/mol. The summed E-state index contributed by atoms with van der Waals surface area (Å²) in [4.78, 5) is 48.5. The minimum atomic E-state index is -1.17. The van der Waals surface area contributed by atoms with Crippen molar-refractivity contribution >= 4 is 23.5 Å². The zero-order valence-corrected chi connectivity index (χ0v) is 17.8. The number of benzene rings is 2. The topological polar surface area (TPSA) is 137 Å². The van der Waals surface area contributed by atoms with Gasteiger partial charge in [-0.05, 0) is 36.4 Å². The summed E-state index contributed by atoms with van der Waals surface area (Å²) in [5.41, 5.74) is 3.99. The Morgan fingerprint density at radius 1 is 1.00 bits per heavy atom. The van der Waals surface area contributed by atoms with Crippen LogP contribution in [0.15, 0.2) is 66.9 Å². The first-order valence-electron chi connectivity index (χ1n) is 10.6. The van der Waals surface area contributed by atoms with Gasteiger partial charge in [-0.3, -0.25) is 9.59 Å². The van der Waals surface area contributed by atoms with Crippen LogP contribution in [0.4, 0.5) is 5.69 Å². The molecule has 0 bridgehead atoms. The number of carboxylic acids is 1. The standard InChI is InChI=1S/C25H19N5O4/c31-23-18-13-21(29-19(18)8-11-27-23)20-9-10-26-22(30-20)14-4-3-5-15(12-14)28-24(32)16-6-1-2-7-17(16)25(33)34/h1-7,9-10,12-13,29H,8,11H2,(H,27,31)(H,28,32)(H,33,34). The molecule has 4 aromatic rings. The van der Waals surface area contributed by atoms with Gasteiger partial charge in [-0.1, -0.05) is 24.3 Å².